The van der Waals surface area contributed by atoms with Crippen LogP contribution >= 0.6 is 23.2 Å². The van der Waals surface area contributed by atoms with E-state index in [-0.39, 0.29) is 0 Å². The van der Waals surface area contributed by atoms with Gasteiger partial charge in [0.2, 0.25) is 0 Å². The Labute approximate surface area is 137 Å². The summed E-state index contributed by atoms with van der Waals surface area (Å²) in [4.78, 5) is 2.51. The molecule has 1 aliphatic rings. The summed E-state index contributed by atoms with van der Waals surface area (Å²) in [5, 5.41) is 14.7. The molecule has 2 atom stereocenters. The van der Waals surface area contributed by atoms with Crippen molar-refractivity contribution in [3.63, 3.8) is 0 Å². The van der Waals surface area contributed by atoms with Gasteiger partial charge in [0, 0.05) is 34.7 Å². The number of hydrogen-bond acceptors (Lipinski definition) is 3. The number of nitrogens with zero attached hydrogens (tertiary/aromatic N) is 1. The molecule has 2 N–H and O–H groups in total. The molecule has 1 saturated heterocycles. The molecule has 1 heterocycles. The Morgan fingerprint density at radius 1 is 1.19 bits per heavy atom. The summed E-state index contributed by atoms with van der Waals surface area (Å²) >= 11 is 12.0. The van der Waals surface area contributed by atoms with Crippen molar-refractivity contribution in [3.05, 3.63) is 33.8 Å². The number of rotatable bonds is 6. The van der Waals surface area contributed by atoms with Crippen molar-refractivity contribution in [1.29, 1.82) is 0 Å². The van der Waals surface area contributed by atoms with Crippen LogP contribution in [0.1, 0.15) is 37.9 Å². The molecule has 3 nitrogen and oxygen atoms in total. The number of likely N-dealkylation sites (tertiary alicyclic amines) is 1. The minimum Gasteiger partial charge on any atom is -0.387 e. The molecule has 0 saturated carbocycles. The average Bonchev–Trinajstić information content (AvgIpc) is 2.50. The van der Waals surface area contributed by atoms with E-state index < -0.39 is 6.10 Å². The van der Waals surface area contributed by atoms with Gasteiger partial charge in [-0.2, -0.15) is 0 Å². The van der Waals surface area contributed by atoms with Crippen molar-refractivity contribution in [2.24, 2.45) is 0 Å². The molecule has 1 aliphatic heterocycles. The van der Waals surface area contributed by atoms with Crippen molar-refractivity contribution < 1.29 is 5.11 Å². The van der Waals surface area contributed by atoms with E-state index in [0.717, 1.165) is 6.54 Å². The van der Waals surface area contributed by atoms with Crippen molar-refractivity contribution >= 4 is 23.2 Å². The standard InChI is InChI=1S/C16H24Cl2N2O/c1-12(20-7-3-2-4-8-20)10-19-11-16(21)14-9-13(17)5-6-15(14)18/h5-6,9,12,16,19,21H,2-4,7-8,10-11H2,1H3. The van der Waals surface area contributed by atoms with Gasteiger partial charge in [0.25, 0.3) is 0 Å². The van der Waals surface area contributed by atoms with Gasteiger partial charge in [-0.3, -0.25) is 4.90 Å². The summed E-state index contributed by atoms with van der Waals surface area (Å²) in [5.74, 6) is 0. The van der Waals surface area contributed by atoms with Crippen molar-refractivity contribution in [2.45, 2.75) is 38.3 Å². The summed E-state index contributed by atoms with van der Waals surface area (Å²) in [6.07, 6.45) is 3.31. The van der Waals surface area contributed by atoms with Gasteiger partial charge in [0.15, 0.2) is 0 Å². The molecule has 21 heavy (non-hydrogen) atoms. The van der Waals surface area contributed by atoms with Gasteiger partial charge < -0.3 is 10.4 Å². The zero-order valence-electron chi connectivity index (χ0n) is 12.5. The molecule has 2 rings (SSSR count). The summed E-state index contributed by atoms with van der Waals surface area (Å²) in [6, 6.07) is 5.67. The highest BCUT2D eigenvalue weighted by molar-refractivity contribution is 6.33. The van der Waals surface area contributed by atoms with E-state index in [1.54, 1.807) is 18.2 Å². The Morgan fingerprint density at radius 2 is 1.90 bits per heavy atom. The number of nitrogens with one attached hydrogen (secondary N) is 1. The first kappa shape index (κ1) is 17.0. The molecule has 118 valence electrons. The Bertz CT molecular complexity index is 450. The van der Waals surface area contributed by atoms with Crippen molar-refractivity contribution in [3.8, 4) is 0 Å². The monoisotopic (exact) mass is 330 g/mol. The molecule has 1 aromatic rings. The second-order valence-corrected chi connectivity index (χ2v) is 6.63. The van der Waals surface area contributed by atoms with Gasteiger partial charge in [-0.15, -0.1) is 0 Å². The number of aliphatic hydroxyl groups excluding tert-OH is 1. The van der Waals surface area contributed by atoms with Crippen LogP contribution in [0.3, 0.4) is 0 Å². The first-order valence-electron chi connectivity index (χ1n) is 7.65. The largest absolute Gasteiger partial charge is 0.387 e. The van der Waals surface area contributed by atoms with Crippen LogP contribution in [0, 0.1) is 0 Å². The zero-order valence-corrected chi connectivity index (χ0v) is 14.0. The average molecular weight is 331 g/mol. The van der Waals surface area contributed by atoms with E-state index in [0.29, 0.717) is 28.2 Å². The second-order valence-electron chi connectivity index (χ2n) is 5.79. The topological polar surface area (TPSA) is 35.5 Å². The van der Waals surface area contributed by atoms with Gasteiger partial charge >= 0.3 is 0 Å². The molecule has 0 spiro atoms. The predicted molar refractivity (Wildman–Crippen MR) is 89.2 cm³/mol. The fourth-order valence-electron chi connectivity index (χ4n) is 2.80. The molecule has 1 aromatic carbocycles. The van der Waals surface area contributed by atoms with Crippen LogP contribution in [0.15, 0.2) is 18.2 Å². The van der Waals surface area contributed by atoms with E-state index in [4.69, 9.17) is 23.2 Å². The highest BCUT2D eigenvalue weighted by atomic mass is 35.5. The maximum atomic E-state index is 10.2. The molecule has 0 aromatic heterocycles. The normalized spacial score (nSPS) is 19.4. The summed E-state index contributed by atoms with van der Waals surface area (Å²) in [6.45, 7) is 5.96. The van der Waals surface area contributed by atoms with Crippen molar-refractivity contribution in [2.75, 3.05) is 26.2 Å². The lowest BCUT2D eigenvalue weighted by Gasteiger charge is -2.32. The first-order chi connectivity index (χ1) is 10.1. The smallest absolute Gasteiger partial charge is 0.0929 e. The van der Waals surface area contributed by atoms with Crippen LogP contribution < -0.4 is 5.32 Å². The number of aliphatic hydroxyl groups is 1. The molecule has 0 bridgehead atoms. The Kier molecular flexibility index (Phi) is 6.77. The Balaban J connectivity index is 1.78. The lowest BCUT2D eigenvalue weighted by molar-refractivity contribution is 0.151. The maximum absolute atomic E-state index is 10.2. The van der Waals surface area contributed by atoms with Crippen LogP contribution in [0.2, 0.25) is 10.0 Å². The first-order valence-corrected chi connectivity index (χ1v) is 8.41. The van der Waals surface area contributed by atoms with Gasteiger partial charge in [0.05, 0.1) is 6.10 Å². The summed E-state index contributed by atoms with van der Waals surface area (Å²) in [7, 11) is 0. The molecule has 1 fully saturated rings. The van der Waals surface area contributed by atoms with E-state index in [1.807, 2.05) is 0 Å². The number of hydrogen-bond donors (Lipinski definition) is 2. The minimum absolute atomic E-state index is 0.484. The molecule has 2 unspecified atom stereocenters. The molecular weight excluding hydrogens is 307 g/mol. The van der Waals surface area contributed by atoms with Gasteiger partial charge in [-0.1, -0.05) is 29.6 Å². The third-order valence-corrected chi connectivity index (χ3v) is 4.69. The SMILES string of the molecule is CC(CNCC(O)c1cc(Cl)ccc1Cl)N1CCCCC1. The van der Waals surface area contributed by atoms with E-state index in [9.17, 15) is 5.11 Å². The molecule has 0 aliphatic carbocycles. The lowest BCUT2D eigenvalue weighted by Crippen LogP contribution is -2.43. The third-order valence-electron chi connectivity index (χ3n) is 4.11. The quantitative estimate of drug-likeness (QED) is 0.838. The fourth-order valence-corrected chi connectivity index (χ4v) is 3.22. The molecule has 0 amide bonds. The molecular formula is C16H24Cl2N2O. The van der Waals surface area contributed by atoms with Gasteiger partial charge in [-0.25, -0.2) is 0 Å². The Morgan fingerprint density at radius 3 is 2.62 bits per heavy atom. The van der Waals surface area contributed by atoms with Gasteiger partial charge in [0.1, 0.15) is 0 Å². The zero-order chi connectivity index (χ0) is 15.2. The minimum atomic E-state index is -0.634. The second kappa shape index (κ2) is 8.35. The molecule has 5 heteroatoms. The summed E-state index contributed by atoms with van der Waals surface area (Å²) < 4.78 is 0. The molecule has 0 radical (unpaired) electrons. The van der Waals surface area contributed by atoms with Crippen LogP contribution in [-0.4, -0.2) is 42.2 Å². The van der Waals surface area contributed by atoms with Gasteiger partial charge in [-0.05, 0) is 51.1 Å². The van der Waals surface area contributed by atoms with Crippen LogP contribution in [-0.2, 0) is 0 Å². The maximum Gasteiger partial charge on any atom is 0.0929 e. The van der Waals surface area contributed by atoms with Crippen molar-refractivity contribution in [1.82, 2.24) is 10.2 Å². The van der Waals surface area contributed by atoms with E-state index >= 15 is 0 Å². The summed E-state index contributed by atoms with van der Waals surface area (Å²) in [5.41, 5.74) is 0.683. The lowest BCUT2D eigenvalue weighted by atomic mass is 10.1. The van der Waals surface area contributed by atoms with E-state index in [1.165, 1.54) is 32.4 Å². The van der Waals surface area contributed by atoms with E-state index in [2.05, 4.69) is 17.1 Å². The predicted octanol–water partition coefficient (Wildman–Crippen LogP) is 3.49. The highest BCUT2D eigenvalue weighted by Crippen LogP contribution is 2.26. The Hall–Kier alpha value is -0.320. The van der Waals surface area contributed by atoms with Crippen LogP contribution in [0.5, 0.6) is 0 Å². The number of piperidine rings is 1. The number of halogens is 2. The highest BCUT2D eigenvalue weighted by Gasteiger charge is 2.17. The fraction of sp³-hybridized carbons (Fsp3) is 0.625. The van der Waals surface area contributed by atoms with Crippen LogP contribution in [0.4, 0.5) is 0 Å². The number of benzene rings is 1. The third kappa shape index (κ3) is 5.11. The van der Waals surface area contributed by atoms with Crippen LogP contribution in [0.25, 0.3) is 0 Å².